The lowest BCUT2D eigenvalue weighted by molar-refractivity contribution is -0.117. The highest BCUT2D eigenvalue weighted by Gasteiger charge is 2.32. The predicted molar refractivity (Wildman–Crippen MR) is 93.4 cm³/mol. The van der Waals surface area contributed by atoms with Crippen LogP contribution in [0.2, 0.25) is 0 Å². The van der Waals surface area contributed by atoms with Gasteiger partial charge in [-0.2, -0.15) is 0 Å². The van der Waals surface area contributed by atoms with E-state index in [1.165, 1.54) is 11.8 Å². The zero-order valence-corrected chi connectivity index (χ0v) is 14.5. The van der Waals surface area contributed by atoms with E-state index < -0.39 is 0 Å². The summed E-state index contributed by atoms with van der Waals surface area (Å²) >= 11 is 1.31. The highest BCUT2D eigenvalue weighted by Crippen LogP contribution is 2.33. The van der Waals surface area contributed by atoms with Crippen LogP contribution in [-0.2, 0) is 9.59 Å². The second kappa shape index (κ2) is 6.73. The van der Waals surface area contributed by atoms with Crippen molar-refractivity contribution in [3.8, 4) is 0 Å². The third-order valence-corrected chi connectivity index (χ3v) is 4.48. The summed E-state index contributed by atoms with van der Waals surface area (Å²) in [7, 11) is 0. The van der Waals surface area contributed by atoms with Crippen molar-refractivity contribution in [2.45, 2.75) is 39.7 Å². The maximum absolute atomic E-state index is 12.4. The highest BCUT2D eigenvalue weighted by atomic mass is 32.2. The molecule has 120 valence electrons. The first-order valence-corrected chi connectivity index (χ1v) is 8.56. The van der Waals surface area contributed by atoms with Crippen molar-refractivity contribution in [2.24, 2.45) is 5.92 Å². The van der Waals surface area contributed by atoms with Crippen molar-refractivity contribution >= 4 is 34.2 Å². The molecule has 1 N–H and O–H groups in total. The van der Waals surface area contributed by atoms with Crippen LogP contribution in [0.5, 0.6) is 0 Å². The average molecular weight is 320 g/mol. The molecule has 1 heterocycles. The monoisotopic (exact) mass is 320 g/mol. The Morgan fingerprint density at radius 3 is 2.68 bits per heavy atom. The van der Waals surface area contributed by atoms with Crippen molar-refractivity contribution < 1.29 is 9.59 Å². The van der Waals surface area contributed by atoms with Gasteiger partial charge in [0.15, 0.2) is 5.12 Å². The molecule has 1 aromatic carbocycles. The Morgan fingerprint density at radius 2 is 2.05 bits per heavy atom. The van der Waals surface area contributed by atoms with Crippen molar-refractivity contribution in [1.29, 1.82) is 0 Å². The van der Waals surface area contributed by atoms with Gasteiger partial charge in [-0.05, 0) is 38.8 Å². The number of para-hydroxylation sites is 2. The summed E-state index contributed by atoms with van der Waals surface area (Å²) in [4.78, 5) is 25.3. The molecule has 1 saturated heterocycles. The average Bonchev–Trinajstić information content (AvgIpc) is 2.76. The largest absolute Gasteiger partial charge is 0.379 e. The van der Waals surface area contributed by atoms with Gasteiger partial charge in [-0.25, -0.2) is 0 Å². The molecule has 1 aliphatic heterocycles. The lowest BCUT2D eigenvalue weighted by Gasteiger charge is -2.27. The van der Waals surface area contributed by atoms with E-state index in [1.54, 1.807) is 6.92 Å². The number of hydrogen-bond acceptors (Lipinski definition) is 4. The molecular weight excluding hydrogens is 296 g/mol. The molecule has 0 saturated carbocycles. The molecule has 0 radical (unpaired) electrons. The van der Waals surface area contributed by atoms with Gasteiger partial charge < -0.3 is 10.2 Å². The number of amides is 1. The van der Waals surface area contributed by atoms with Crippen LogP contribution in [0.1, 0.15) is 34.1 Å². The van der Waals surface area contributed by atoms with Crippen LogP contribution in [-0.4, -0.2) is 28.9 Å². The molecule has 22 heavy (non-hydrogen) atoms. The standard InChI is InChI=1S/C17H24N2O2S/c1-12(20)22-11-13-9-16(21)19(10-13)15-8-6-5-7-14(15)18-17(2,3)4/h5-8,13,18H,9-11H2,1-4H3. The number of nitrogens with zero attached hydrogens (tertiary/aromatic N) is 1. The molecule has 1 fully saturated rings. The van der Waals surface area contributed by atoms with Crippen LogP contribution in [0.4, 0.5) is 11.4 Å². The molecule has 0 aromatic heterocycles. The van der Waals surface area contributed by atoms with Crippen molar-refractivity contribution in [3.05, 3.63) is 24.3 Å². The maximum atomic E-state index is 12.4. The van der Waals surface area contributed by atoms with Gasteiger partial charge in [0.05, 0.1) is 11.4 Å². The highest BCUT2D eigenvalue weighted by molar-refractivity contribution is 8.13. The van der Waals surface area contributed by atoms with Crippen molar-refractivity contribution in [3.63, 3.8) is 0 Å². The molecule has 0 bridgehead atoms. The van der Waals surface area contributed by atoms with Crippen LogP contribution in [0.25, 0.3) is 0 Å². The van der Waals surface area contributed by atoms with Crippen LogP contribution in [0.15, 0.2) is 24.3 Å². The quantitative estimate of drug-likeness (QED) is 0.922. The maximum Gasteiger partial charge on any atom is 0.227 e. The van der Waals surface area contributed by atoms with Crippen LogP contribution < -0.4 is 10.2 Å². The lowest BCUT2D eigenvalue weighted by Crippen LogP contribution is -2.30. The third kappa shape index (κ3) is 4.50. The lowest BCUT2D eigenvalue weighted by atomic mass is 10.1. The van der Waals surface area contributed by atoms with Gasteiger partial charge in [0.2, 0.25) is 5.91 Å². The number of benzene rings is 1. The number of thioether (sulfide) groups is 1. The molecule has 0 spiro atoms. The van der Waals surface area contributed by atoms with Gasteiger partial charge in [0.1, 0.15) is 0 Å². The van der Waals surface area contributed by atoms with Crippen LogP contribution in [0.3, 0.4) is 0 Å². The first kappa shape index (κ1) is 16.9. The fraction of sp³-hybridized carbons (Fsp3) is 0.529. The molecule has 5 heteroatoms. The fourth-order valence-corrected chi connectivity index (χ4v) is 3.27. The van der Waals surface area contributed by atoms with E-state index in [9.17, 15) is 9.59 Å². The molecule has 0 aliphatic carbocycles. The second-order valence-electron chi connectivity index (χ2n) is 6.77. The Bertz CT molecular complexity index is 566. The topological polar surface area (TPSA) is 49.4 Å². The van der Waals surface area contributed by atoms with E-state index in [-0.39, 0.29) is 22.5 Å². The van der Waals surface area contributed by atoms with E-state index in [0.29, 0.717) is 18.7 Å². The van der Waals surface area contributed by atoms with E-state index in [2.05, 4.69) is 26.1 Å². The van der Waals surface area contributed by atoms with Crippen molar-refractivity contribution in [2.75, 3.05) is 22.5 Å². The van der Waals surface area contributed by atoms with E-state index >= 15 is 0 Å². The summed E-state index contributed by atoms with van der Waals surface area (Å²) < 4.78 is 0. The summed E-state index contributed by atoms with van der Waals surface area (Å²) in [5.41, 5.74) is 1.84. The normalized spacial score (nSPS) is 18.6. The van der Waals surface area contributed by atoms with Gasteiger partial charge in [0, 0.05) is 31.2 Å². The minimum absolute atomic E-state index is 0.0667. The Hall–Kier alpha value is -1.49. The Balaban J connectivity index is 2.15. The predicted octanol–water partition coefficient (Wildman–Crippen LogP) is 3.53. The number of anilines is 2. The van der Waals surface area contributed by atoms with Gasteiger partial charge in [0.25, 0.3) is 0 Å². The van der Waals surface area contributed by atoms with E-state index in [1.807, 2.05) is 29.2 Å². The second-order valence-corrected chi connectivity index (χ2v) is 7.97. The fourth-order valence-electron chi connectivity index (χ4n) is 2.58. The summed E-state index contributed by atoms with van der Waals surface area (Å²) in [6.45, 7) is 8.55. The molecule has 4 nitrogen and oxygen atoms in total. The molecular formula is C17H24N2O2S. The summed E-state index contributed by atoms with van der Waals surface area (Å²) in [5, 5.41) is 3.57. The SMILES string of the molecule is CC(=O)SCC1CC(=O)N(c2ccccc2NC(C)(C)C)C1. The number of rotatable bonds is 4. The van der Waals surface area contributed by atoms with Crippen LogP contribution in [0, 0.1) is 5.92 Å². The molecule has 2 rings (SSSR count). The third-order valence-electron chi connectivity index (χ3n) is 3.43. The minimum Gasteiger partial charge on any atom is -0.379 e. The molecule has 1 aliphatic rings. The van der Waals surface area contributed by atoms with Gasteiger partial charge in [-0.15, -0.1) is 0 Å². The molecule has 1 atom stereocenters. The van der Waals surface area contributed by atoms with E-state index in [4.69, 9.17) is 0 Å². The molecule has 1 aromatic rings. The van der Waals surface area contributed by atoms with Crippen LogP contribution >= 0.6 is 11.8 Å². The Labute approximate surface area is 136 Å². The summed E-state index contributed by atoms with van der Waals surface area (Å²) in [5.74, 6) is 1.09. The minimum atomic E-state index is -0.0667. The smallest absolute Gasteiger partial charge is 0.227 e. The van der Waals surface area contributed by atoms with Gasteiger partial charge in [-0.3, -0.25) is 9.59 Å². The zero-order chi connectivity index (χ0) is 16.3. The van der Waals surface area contributed by atoms with Gasteiger partial charge >= 0.3 is 0 Å². The molecule has 1 unspecified atom stereocenters. The summed E-state index contributed by atoms with van der Waals surface area (Å²) in [6, 6.07) is 7.91. The summed E-state index contributed by atoms with van der Waals surface area (Å²) in [6.07, 6.45) is 0.518. The molecule has 1 amide bonds. The number of nitrogens with one attached hydrogen (secondary N) is 1. The van der Waals surface area contributed by atoms with E-state index in [0.717, 1.165) is 11.4 Å². The number of carbonyl (C=O) groups is 2. The first-order chi connectivity index (χ1) is 10.3. The Kier molecular flexibility index (Phi) is 5.16. The zero-order valence-electron chi connectivity index (χ0n) is 13.7. The van der Waals surface area contributed by atoms with Gasteiger partial charge in [-0.1, -0.05) is 23.9 Å². The number of carbonyl (C=O) groups excluding carboxylic acids is 2. The number of hydrogen-bond donors (Lipinski definition) is 1. The van der Waals surface area contributed by atoms with Crippen molar-refractivity contribution in [1.82, 2.24) is 0 Å². The first-order valence-electron chi connectivity index (χ1n) is 7.57. The Morgan fingerprint density at radius 1 is 1.36 bits per heavy atom.